The van der Waals surface area contributed by atoms with Crippen molar-refractivity contribution in [3.63, 3.8) is 0 Å². The van der Waals surface area contributed by atoms with E-state index in [2.05, 4.69) is 5.10 Å². The SMILES string of the molecule is Cc1ccc(C2=NN(C(=O)c3ccccc3Cl)[C@H](c3cccc([N+](=O)[O-])c3)C2)cc1. The minimum absolute atomic E-state index is 0.0265. The van der Waals surface area contributed by atoms with E-state index in [0.717, 1.165) is 16.8 Å². The third kappa shape index (κ3) is 3.82. The lowest BCUT2D eigenvalue weighted by molar-refractivity contribution is -0.384. The number of nitro benzene ring substituents is 1. The van der Waals surface area contributed by atoms with Gasteiger partial charge in [-0.3, -0.25) is 14.9 Å². The zero-order chi connectivity index (χ0) is 21.3. The maximum Gasteiger partial charge on any atom is 0.276 e. The summed E-state index contributed by atoms with van der Waals surface area (Å²) >= 11 is 6.24. The molecule has 0 aromatic heterocycles. The zero-order valence-electron chi connectivity index (χ0n) is 16.2. The number of carbonyl (C=O) groups excluding carboxylic acids is 1. The number of nitrogens with zero attached hydrogens (tertiary/aromatic N) is 3. The van der Waals surface area contributed by atoms with Gasteiger partial charge < -0.3 is 0 Å². The molecule has 0 radical (unpaired) electrons. The normalized spacial score (nSPS) is 15.7. The van der Waals surface area contributed by atoms with Gasteiger partial charge in [-0.05, 0) is 30.2 Å². The summed E-state index contributed by atoms with van der Waals surface area (Å²) in [5.41, 5.74) is 3.73. The summed E-state index contributed by atoms with van der Waals surface area (Å²) < 4.78 is 0. The van der Waals surface area contributed by atoms with Gasteiger partial charge in [0, 0.05) is 18.6 Å². The van der Waals surface area contributed by atoms with Crippen LogP contribution in [0.3, 0.4) is 0 Å². The van der Waals surface area contributed by atoms with Crippen LogP contribution >= 0.6 is 11.6 Å². The maximum atomic E-state index is 13.3. The summed E-state index contributed by atoms with van der Waals surface area (Å²) in [6, 6.07) is 20.5. The first-order valence-electron chi connectivity index (χ1n) is 9.41. The molecule has 1 amide bonds. The van der Waals surface area contributed by atoms with E-state index in [-0.39, 0.29) is 11.6 Å². The third-order valence-electron chi connectivity index (χ3n) is 5.07. The van der Waals surface area contributed by atoms with Crippen LogP contribution in [-0.4, -0.2) is 21.6 Å². The Bertz CT molecular complexity index is 1160. The van der Waals surface area contributed by atoms with Gasteiger partial charge in [0.1, 0.15) is 0 Å². The molecule has 30 heavy (non-hydrogen) atoms. The largest absolute Gasteiger partial charge is 0.276 e. The van der Waals surface area contributed by atoms with E-state index in [9.17, 15) is 14.9 Å². The van der Waals surface area contributed by atoms with Crippen molar-refractivity contribution < 1.29 is 9.72 Å². The highest BCUT2D eigenvalue weighted by atomic mass is 35.5. The molecule has 1 aliphatic rings. The Morgan fingerprint density at radius 3 is 2.53 bits per heavy atom. The first kappa shape index (κ1) is 19.8. The molecule has 1 aliphatic heterocycles. The molecule has 6 nitrogen and oxygen atoms in total. The first-order valence-corrected chi connectivity index (χ1v) is 9.79. The highest BCUT2D eigenvalue weighted by molar-refractivity contribution is 6.33. The molecule has 0 unspecified atom stereocenters. The number of benzene rings is 3. The van der Waals surface area contributed by atoms with Gasteiger partial charge in [0.15, 0.2) is 0 Å². The second kappa shape index (κ2) is 8.08. The van der Waals surface area contributed by atoms with Gasteiger partial charge >= 0.3 is 0 Å². The minimum atomic E-state index is -0.468. The Hall–Kier alpha value is -3.51. The Morgan fingerprint density at radius 1 is 1.10 bits per heavy atom. The predicted molar refractivity (Wildman–Crippen MR) is 116 cm³/mol. The van der Waals surface area contributed by atoms with Gasteiger partial charge in [-0.15, -0.1) is 0 Å². The first-order chi connectivity index (χ1) is 14.4. The molecule has 3 aromatic carbocycles. The molecule has 0 N–H and O–H groups in total. The van der Waals surface area contributed by atoms with E-state index in [4.69, 9.17) is 11.6 Å². The number of nitro groups is 1. The van der Waals surface area contributed by atoms with Gasteiger partial charge in [0.05, 0.1) is 27.3 Å². The van der Waals surface area contributed by atoms with Crippen molar-refractivity contribution in [2.75, 3.05) is 0 Å². The molecule has 0 aliphatic carbocycles. The van der Waals surface area contributed by atoms with Crippen molar-refractivity contribution in [2.45, 2.75) is 19.4 Å². The molecule has 150 valence electrons. The average molecular weight is 420 g/mol. The van der Waals surface area contributed by atoms with Gasteiger partial charge in [-0.25, -0.2) is 5.01 Å². The van der Waals surface area contributed by atoms with Crippen LogP contribution in [0.25, 0.3) is 0 Å². The molecule has 3 aromatic rings. The van der Waals surface area contributed by atoms with Crippen LogP contribution in [0.1, 0.15) is 39.5 Å². The van der Waals surface area contributed by atoms with Gasteiger partial charge in [0.2, 0.25) is 0 Å². The van der Waals surface area contributed by atoms with Gasteiger partial charge in [-0.1, -0.05) is 65.7 Å². The van der Waals surface area contributed by atoms with Crippen LogP contribution in [0.15, 0.2) is 77.9 Å². The molecule has 0 fully saturated rings. The number of amides is 1. The Kier molecular flexibility index (Phi) is 5.33. The lowest BCUT2D eigenvalue weighted by Crippen LogP contribution is -2.27. The summed E-state index contributed by atoms with van der Waals surface area (Å²) in [4.78, 5) is 24.1. The average Bonchev–Trinajstić information content (AvgIpc) is 3.20. The molecule has 0 bridgehead atoms. The van der Waals surface area contributed by atoms with Crippen molar-refractivity contribution in [3.8, 4) is 0 Å². The number of aryl methyl sites for hydroxylation is 1. The molecule has 0 saturated heterocycles. The number of non-ortho nitro benzene ring substituents is 1. The Balaban J connectivity index is 1.77. The highest BCUT2D eigenvalue weighted by Crippen LogP contribution is 2.36. The zero-order valence-corrected chi connectivity index (χ0v) is 16.9. The molecule has 4 rings (SSSR count). The molecule has 7 heteroatoms. The molecule has 1 atom stereocenters. The van der Waals surface area contributed by atoms with Crippen molar-refractivity contribution in [3.05, 3.63) is 110 Å². The second-order valence-corrected chi connectivity index (χ2v) is 7.52. The van der Waals surface area contributed by atoms with Gasteiger partial charge in [0.25, 0.3) is 11.6 Å². The van der Waals surface area contributed by atoms with E-state index < -0.39 is 11.0 Å². The number of hydrogen-bond acceptors (Lipinski definition) is 4. The van der Waals surface area contributed by atoms with E-state index >= 15 is 0 Å². The number of hydrogen-bond donors (Lipinski definition) is 0. The molecular formula is C23H18ClN3O3. The predicted octanol–water partition coefficient (Wildman–Crippen LogP) is 5.55. The monoisotopic (exact) mass is 419 g/mol. The van der Waals surface area contributed by atoms with Crippen molar-refractivity contribution in [2.24, 2.45) is 5.10 Å². The number of carbonyl (C=O) groups is 1. The van der Waals surface area contributed by atoms with E-state index in [1.54, 1.807) is 36.4 Å². The lowest BCUT2D eigenvalue weighted by atomic mass is 9.97. The fourth-order valence-electron chi connectivity index (χ4n) is 3.48. The topological polar surface area (TPSA) is 75.8 Å². The number of hydrazone groups is 1. The van der Waals surface area contributed by atoms with Crippen LogP contribution in [0.2, 0.25) is 5.02 Å². The van der Waals surface area contributed by atoms with Crippen molar-refractivity contribution >= 4 is 28.9 Å². The Morgan fingerprint density at radius 2 is 1.83 bits per heavy atom. The smallest absolute Gasteiger partial charge is 0.267 e. The molecule has 0 saturated carbocycles. The van der Waals surface area contributed by atoms with Crippen LogP contribution in [0, 0.1) is 17.0 Å². The van der Waals surface area contributed by atoms with Crippen LogP contribution in [-0.2, 0) is 0 Å². The van der Waals surface area contributed by atoms with Gasteiger partial charge in [-0.2, -0.15) is 5.10 Å². The number of rotatable bonds is 4. The standard InChI is InChI=1S/C23H18ClN3O3/c1-15-9-11-16(12-10-15)21-14-22(17-5-4-6-18(13-17)27(29)30)26(25-21)23(28)19-7-2-3-8-20(19)24/h2-13,22H,14H2,1H3/t22-/m0/s1. The Labute approximate surface area is 178 Å². The summed E-state index contributed by atoms with van der Waals surface area (Å²) in [7, 11) is 0. The number of halogens is 1. The fourth-order valence-corrected chi connectivity index (χ4v) is 3.70. The summed E-state index contributed by atoms with van der Waals surface area (Å²) in [5, 5.41) is 17.6. The highest BCUT2D eigenvalue weighted by Gasteiger charge is 2.35. The molecular weight excluding hydrogens is 402 g/mol. The minimum Gasteiger partial charge on any atom is -0.267 e. The van der Waals surface area contributed by atoms with Crippen LogP contribution in [0.4, 0.5) is 5.69 Å². The van der Waals surface area contributed by atoms with Crippen molar-refractivity contribution in [1.82, 2.24) is 5.01 Å². The van der Waals surface area contributed by atoms with Crippen LogP contribution in [0.5, 0.6) is 0 Å². The summed E-state index contributed by atoms with van der Waals surface area (Å²) in [6.45, 7) is 2.00. The van der Waals surface area contributed by atoms with E-state index in [1.807, 2.05) is 31.2 Å². The third-order valence-corrected chi connectivity index (χ3v) is 5.40. The van der Waals surface area contributed by atoms with E-state index in [1.165, 1.54) is 17.1 Å². The van der Waals surface area contributed by atoms with E-state index in [0.29, 0.717) is 22.6 Å². The maximum absolute atomic E-state index is 13.3. The summed E-state index contributed by atoms with van der Waals surface area (Å²) in [6.07, 6.45) is 0.445. The fraction of sp³-hybridized carbons (Fsp3) is 0.130. The second-order valence-electron chi connectivity index (χ2n) is 7.11. The lowest BCUT2D eigenvalue weighted by Gasteiger charge is -2.22. The van der Waals surface area contributed by atoms with Crippen LogP contribution < -0.4 is 0 Å². The summed E-state index contributed by atoms with van der Waals surface area (Å²) in [5.74, 6) is -0.348. The quantitative estimate of drug-likeness (QED) is 0.411. The van der Waals surface area contributed by atoms with Crippen molar-refractivity contribution in [1.29, 1.82) is 0 Å². The molecule has 1 heterocycles. The molecule has 0 spiro atoms.